The summed E-state index contributed by atoms with van der Waals surface area (Å²) in [4.78, 5) is 0.0856. The second-order valence-corrected chi connectivity index (χ2v) is 13.0. The molecule has 3 N–H and O–H groups in total. The van der Waals surface area contributed by atoms with Crippen LogP contribution in [-0.4, -0.2) is 93.7 Å². The number of aryl methyl sites for hydroxylation is 1. The minimum Gasteiger partial charge on any atom is -0.491 e. The lowest BCUT2D eigenvalue weighted by Gasteiger charge is -2.37. The van der Waals surface area contributed by atoms with E-state index in [1.807, 2.05) is 0 Å². The van der Waals surface area contributed by atoms with Gasteiger partial charge in [-0.3, -0.25) is 4.68 Å². The van der Waals surface area contributed by atoms with E-state index in [1.165, 1.54) is 34.2 Å². The van der Waals surface area contributed by atoms with Gasteiger partial charge < -0.3 is 19.9 Å². The van der Waals surface area contributed by atoms with E-state index >= 15 is 0 Å². The quantitative estimate of drug-likeness (QED) is 0.366. The molecule has 0 radical (unpaired) electrons. The maximum Gasteiger partial charge on any atom is 0.262 e. The molecule has 0 saturated carbocycles. The Kier molecular flexibility index (Phi) is 8.04. The van der Waals surface area contributed by atoms with Crippen molar-refractivity contribution >= 4 is 20.0 Å². The van der Waals surface area contributed by atoms with E-state index in [1.54, 1.807) is 25.4 Å². The summed E-state index contributed by atoms with van der Waals surface area (Å²) < 4.78 is 66.4. The SMILES string of the molecule is CNS(=O)(=O)c1cccc(OC[C@@H](O)CNC2COC3(CCN(S(=O)(=O)c4ccn(C)n4)CC3)C2)c1. The average molecular weight is 544 g/mol. The van der Waals surface area contributed by atoms with E-state index in [9.17, 15) is 21.9 Å². The Morgan fingerprint density at radius 3 is 2.67 bits per heavy atom. The predicted octanol–water partition coefficient (Wildman–Crippen LogP) is -0.330. The highest BCUT2D eigenvalue weighted by molar-refractivity contribution is 7.89. The first-order valence-corrected chi connectivity index (χ1v) is 14.7. The van der Waals surface area contributed by atoms with Crippen LogP contribution in [0.1, 0.15) is 19.3 Å². The molecule has 0 aliphatic carbocycles. The number of ether oxygens (including phenoxy) is 2. The highest BCUT2D eigenvalue weighted by atomic mass is 32.2. The molecule has 2 fully saturated rings. The lowest BCUT2D eigenvalue weighted by atomic mass is 9.88. The van der Waals surface area contributed by atoms with E-state index in [2.05, 4.69) is 15.1 Å². The molecule has 0 bridgehead atoms. The summed E-state index contributed by atoms with van der Waals surface area (Å²) in [5.41, 5.74) is -0.380. The molecule has 0 amide bonds. The molecular weight excluding hydrogens is 510 g/mol. The third-order valence-electron chi connectivity index (χ3n) is 6.61. The van der Waals surface area contributed by atoms with Gasteiger partial charge in [0.2, 0.25) is 10.0 Å². The molecule has 2 aliphatic heterocycles. The van der Waals surface area contributed by atoms with Gasteiger partial charge in [0.25, 0.3) is 10.0 Å². The van der Waals surface area contributed by atoms with Crippen LogP contribution in [0.5, 0.6) is 5.75 Å². The second kappa shape index (κ2) is 10.7. The number of rotatable bonds is 10. The summed E-state index contributed by atoms with van der Waals surface area (Å²) in [5.74, 6) is 0.348. The molecule has 3 heterocycles. The minimum absolute atomic E-state index is 0.00485. The molecule has 1 aromatic heterocycles. The van der Waals surface area contributed by atoms with Gasteiger partial charge >= 0.3 is 0 Å². The number of aliphatic hydroxyl groups is 1. The monoisotopic (exact) mass is 543 g/mol. The van der Waals surface area contributed by atoms with E-state index in [4.69, 9.17) is 9.47 Å². The first-order valence-electron chi connectivity index (χ1n) is 11.7. The van der Waals surface area contributed by atoms with Crippen LogP contribution in [0.4, 0.5) is 0 Å². The van der Waals surface area contributed by atoms with Gasteiger partial charge in [-0.25, -0.2) is 21.6 Å². The number of piperidine rings is 1. The molecule has 4 rings (SSSR count). The fourth-order valence-corrected chi connectivity index (χ4v) is 6.68. The number of hydrogen-bond acceptors (Lipinski definition) is 9. The molecule has 36 heavy (non-hydrogen) atoms. The lowest BCUT2D eigenvalue weighted by molar-refractivity contribution is -0.0312. The largest absolute Gasteiger partial charge is 0.491 e. The fourth-order valence-electron chi connectivity index (χ4n) is 4.52. The van der Waals surface area contributed by atoms with Gasteiger partial charge in [0.1, 0.15) is 18.5 Å². The Labute approximate surface area is 211 Å². The normalized spacial score (nSPS) is 21.6. The molecule has 2 saturated heterocycles. The predicted molar refractivity (Wildman–Crippen MR) is 130 cm³/mol. The van der Waals surface area contributed by atoms with E-state index in [-0.39, 0.29) is 34.7 Å². The van der Waals surface area contributed by atoms with Crippen LogP contribution in [0.15, 0.2) is 46.5 Å². The van der Waals surface area contributed by atoms with Crippen molar-refractivity contribution in [2.75, 3.05) is 39.9 Å². The maximum absolute atomic E-state index is 12.8. The molecule has 1 spiro atoms. The molecule has 1 aromatic carbocycles. The smallest absolute Gasteiger partial charge is 0.262 e. The number of aromatic nitrogens is 2. The van der Waals surface area contributed by atoms with Crippen LogP contribution in [-0.2, 0) is 31.8 Å². The molecule has 2 aliphatic rings. The zero-order chi connectivity index (χ0) is 26.0. The van der Waals surface area contributed by atoms with Crippen LogP contribution in [0, 0.1) is 0 Å². The Bertz CT molecular complexity index is 1260. The van der Waals surface area contributed by atoms with Crippen LogP contribution in [0.3, 0.4) is 0 Å². The van der Waals surface area contributed by atoms with Crippen molar-refractivity contribution in [2.45, 2.75) is 46.9 Å². The van der Waals surface area contributed by atoms with Gasteiger partial charge in [-0.1, -0.05) is 6.07 Å². The van der Waals surface area contributed by atoms with Crippen LogP contribution in [0.25, 0.3) is 0 Å². The number of benzene rings is 1. The third-order valence-corrected chi connectivity index (χ3v) is 9.81. The fraction of sp³-hybridized carbons (Fsp3) is 0.591. The molecule has 2 aromatic rings. The first-order chi connectivity index (χ1) is 17.0. The van der Waals surface area contributed by atoms with Gasteiger partial charge in [0, 0.05) is 45.0 Å². The molecule has 14 heteroatoms. The Morgan fingerprint density at radius 2 is 2.00 bits per heavy atom. The maximum atomic E-state index is 12.8. The summed E-state index contributed by atoms with van der Waals surface area (Å²) in [5, 5.41) is 17.7. The zero-order valence-corrected chi connectivity index (χ0v) is 22.0. The molecule has 2 atom stereocenters. The third kappa shape index (κ3) is 6.07. The topological polar surface area (TPSA) is 152 Å². The van der Waals surface area contributed by atoms with Crippen LogP contribution in [0.2, 0.25) is 0 Å². The standard InChI is InChI=1S/C22H33N5O7S2/c1-23-35(29,30)20-5-3-4-19(12-20)33-16-18(28)14-24-17-13-22(34-15-17)7-10-27(11-8-22)36(31,32)21-6-9-26(2)25-21/h3-6,9,12,17-18,23-24,28H,7-8,10-11,13-16H2,1-2H3/t17?,18-/m0/s1. The van der Waals surface area contributed by atoms with Crippen molar-refractivity contribution in [3.05, 3.63) is 36.5 Å². The summed E-state index contributed by atoms with van der Waals surface area (Å²) >= 11 is 0. The number of nitrogens with zero attached hydrogens (tertiary/aromatic N) is 3. The number of sulfonamides is 2. The summed E-state index contributed by atoms with van der Waals surface area (Å²) in [6.45, 7) is 1.48. The second-order valence-electron chi connectivity index (χ2n) is 9.18. The summed E-state index contributed by atoms with van der Waals surface area (Å²) in [6, 6.07) is 7.60. The van der Waals surface area contributed by atoms with E-state index in [0.717, 1.165) is 6.42 Å². The Balaban J connectivity index is 1.22. The van der Waals surface area contributed by atoms with Gasteiger partial charge in [-0.05, 0) is 44.5 Å². The van der Waals surface area contributed by atoms with Crippen molar-refractivity contribution in [3.8, 4) is 5.75 Å². The van der Waals surface area contributed by atoms with Crippen LogP contribution >= 0.6 is 0 Å². The molecule has 12 nitrogen and oxygen atoms in total. The van der Waals surface area contributed by atoms with Gasteiger partial charge in [0.15, 0.2) is 5.03 Å². The molecule has 1 unspecified atom stereocenters. The average Bonchev–Trinajstić information content (AvgIpc) is 3.48. The van der Waals surface area contributed by atoms with Crippen molar-refractivity contribution in [1.29, 1.82) is 0 Å². The zero-order valence-electron chi connectivity index (χ0n) is 20.3. The van der Waals surface area contributed by atoms with E-state index < -0.39 is 26.2 Å². The Hall–Kier alpha value is -2.07. The minimum atomic E-state index is -3.62. The Morgan fingerprint density at radius 1 is 1.25 bits per heavy atom. The summed E-state index contributed by atoms with van der Waals surface area (Å²) in [6.07, 6.45) is 2.71. The first kappa shape index (κ1) is 27.0. The van der Waals surface area contributed by atoms with Crippen molar-refractivity contribution in [2.24, 2.45) is 7.05 Å². The van der Waals surface area contributed by atoms with Gasteiger partial charge in [-0.15, -0.1) is 0 Å². The van der Waals surface area contributed by atoms with Gasteiger partial charge in [-0.2, -0.15) is 9.40 Å². The van der Waals surface area contributed by atoms with Crippen LogP contribution < -0.4 is 14.8 Å². The number of aliphatic hydroxyl groups excluding tert-OH is 1. The van der Waals surface area contributed by atoms with Gasteiger partial charge in [0.05, 0.1) is 17.1 Å². The molecule has 200 valence electrons. The highest BCUT2D eigenvalue weighted by Crippen LogP contribution is 2.37. The van der Waals surface area contributed by atoms with Crippen molar-refractivity contribution in [3.63, 3.8) is 0 Å². The molecular formula is C22H33N5O7S2. The van der Waals surface area contributed by atoms with E-state index in [0.29, 0.717) is 38.3 Å². The lowest BCUT2D eigenvalue weighted by Crippen LogP contribution is -2.47. The highest BCUT2D eigenvalue weighted by Gasteiger charge is 2.45. The number of nitrogens with one attached hydrogen (secondary N) is 2. The summed E-state index contributed by atoms with van der Waals surface area (Å²) in [7, 11) is -4.18. The number of hydrogen-bond donors (Lipinski definition) is 3. The van der Waals surface area contributed by atoms with Crippen molar-refractivity contribution in [1.82, 2.24) is 24.1 Å². The van der Waals surface area contributed by atoms with Crippen molar-refractivity contribution < 1.29 is 31.4 Å².